The lowest BCUT2D eigenvalue weighted by atomic mass is 9.87. The van der Waals surface area contributed by atoms with Gasteiger partial charge in [-0.25, -0.2) is 0 Å². The number of carbonyl (C=O) groups is 1. The molecule has 2 heterocycles. The second-order valence-corrected chi connectivity index (χ2v) is 6.38. The minimum Gasteiger partial charge on any atom is -0.325 e. The molecule has 108 valence electrons. The maximum atomic E-state index is 12.1. The number of carbonyl (C=O) groups excluding carboxylic acids is 1. The van der Waals surface area contributed by atoms with Gasteiger partial charge >= 0.3 is 0 Å². The lowest BCUT2D eigenvalue weighted by molar-refractivity contribution is -0.117. The molecule has 0 bridgehead atoms. The van der Waals surface area contributed by atoms with Crippen molar-refractivity contribution in [3.63, 3.8) is 0 Å². The van der Waals surface area contributed by atoms with E-state index in [-0.39, 0.29) is 5.91 Å². The van der Waals surface area contributed by atoms with E-state index in [0.717, 1.165) is 31.9 Å². The summed E-state index contributed by atoms with van der Waals surface area (Å²) >= 11 is 5.91. The van der Waals surface area contributed by atoms with E-state index in [2.05, 4.69) is 15.5 Å². The molecule has 5 heteroatoms. The number of hydrogen-bond donors (Lipinski definition) is 2. The Morgan fingerprint density at radius 3 is 3.10 bits per heavy atom. The number of benzene rings is 1. The van der Waals surface area contributed by atoms with Crippen LogP contribution in [0, 0.1) is 5.41 Å². The predicted octanol–water partition coefficient (Wildman–Crippen LogP) is 1.96. The van der Waals surface area contributed by atoms with E-state index < -0.39 is 0 Å². The number of amides is 1. The van der Waals surface area contributed by atoms with Gasteiger partial charge in [0.2, 0.25) is 5.91 Å². The largest absolute Gasteiger partial charge is 0.325 e. The van der Waals surface area contributed by atoms with Crippen LogP contribution in [0.2, 0.25) is 5.02 Å². The lowest BCUT2D eigenvalue weighted by Gasteiger charge is -2.22. The van der Waals surface area contributed by atoms with Crippen LogP contribution in [-0.2, 0) is 4.79 Å². The summed E-state index contributed by atoms with van der Waals surface area (Å²) in [4.78, 5) is 14.3. The summed E-state index contributed by atoms with van der Waals surface area (Å²) < 4.78 is 0. The van der Waals surface area contributed by atoms with Crippen LogP contribution >= 0.6 is 11.6 Å². The van der Waals surface area contributed by atoms with Crippen LogP contribution in [-0.4, -0.2) is 43.5 Å². The Balaban J connectivity index is 1.52. The van der Waals surface area contributed by atoms with Gasteiger partial charge in [-0.1, -0.05) is 17.7 Å². The highest BCUT2D eigenvalue weighted by atomic mass is 35.5. The van der Waals surface area contributed by atoms with Crippen LogP contribution < -0.4 is 10.6 Å². The first-order valence-electron chi connectivity index (χ1n) is 7.14. The zero-order chi connectivity index (χ0) is 14.0. The number of likely N-dealkylation sites (tertiary alicyclic amines) is 1. The van der Waals surface area contributed by atoms with Gasteiger partial charge in [0.1, 0.15) is 0 Å². The highest BCUT2D eigenvalue weighted by molar-refractivity contribution is 6.30. The molecule has 2 fully saturated rings. The van der Waals surface area contributed by atoms with Crippen molar-refractivity contribution in [3.8, 4) is 0 Å². The van der Waals surface area contributed by atoms with E-state index in [1.54, 1.807) is 12.1 Å². The van der Waals surface area contributed by atoms with Crippen molar-refractivity contribution >= 4 is 23.2 Å². The van der Waals surface area contributed by atoms with Crippen molar-refractivity contribution < 1.29 is 4.79 Å². The Bertz CT molecular complexity index is 500. The molecule has 4 nitrogen and oxygen atoms in total. The normalized spacial score (nSPS) is 26.2. The average Bonchev–Trinajstić information content (AvgIpc) is 3.00. The molecule has 2 aliphatic heterocycles. The van der Waals surface area contributed by atoms with Crippen molar-refractivity contribution in [2.75, 3.05) is 38.0 Å². The molecule has 0 aromatic heterocycles. The predicted molar refractivity (Wildman–Crippen MR) is 81.1 cm³/mol. The monoisotopic (exact) mass is 293 g/mol. The number of anilines is 1. The summed E-state index contributed by atoms with van der Waals surface area (Å²) in [6.07, 6.45) is 2.43. The first-order valence-corrected chi connectivity index (χ1v) is 7.52. The van der Waals surface area contributed by atoms with Crippen molar-refractivity contribution in [3.05, 3.63) is 29.3 Å². The second-order valence-electron chi connectivity index (χ2n) is 5.95. The van der Waals surface area contributed by atoms with Crippen LogP contribution in [0.3, 0.4) is 0 Å². The van der Waals surface area contributed by atoms with Crippen molar-refractivity contribution in [2.45, 2.75) is 12.8 Å². The minimum atomic E-state index is 0.0373. The molecule has 2 aliphatic rings. The molecule has 2 saturated heterocycles. The topological polar surface area (TPSA) is 44.4 Å². The summed E-state index contributed by atoms with van der Waals surface area (Å²) in [7, 11) is 0. The minimum absolute atomic E-state index is 0.0373. The molecule has 1 unspecified atom stereocenters. The highest BCUT2D eigenvalue weighted by Crippen LogP contribution is 2.35. The summed E-state index contributed by atoms with van der Waals surface area (Å²) in [5.74, 6) is 0.0373. The first-order chi connectivity index (χ1) is 9.65. The standard InChI is InChI=1S/C15H20ClN3O/c16-12-2-1-3-13(8-12)18-14(20)9-19-7-5-15(11-19)4-6-17-10-15/h1-3,8,17H,4-7,9-11H2,(H,18,20). The van der Waals surface area contributed by atoms with Crippen LogP contribution in [0.5, 0.6) is 0 Å². The Morgan fingerprint density at radius 1 is 1.45 bits per heavy atom. The van der Waals surface area contributed by atoms with E-state index >= 15 is 0 Å². The van der Waals surface area contributed by atoms with E-state index in [9.17, 15) is 4.79 Å². The van der Waals surface area contributed by atoms with Crippen LogP contribution in [0.15, 0.2) is 24.3 Å². The van der Waals surface area contributed by atoms with Crippen LogP contribution in [0.1, 0.15) is 12.8 Å². The fourth-order valence-electron chi connectivity index (χ4n) is 3.28. The number of nitrogens with zero attached hydrogens (tertiary/aromatic N) is 1. The quantitative estimate of drug-likeness (QED) is 0.895. The maximum absolute atomic E-state index is 12.1. The SMILES string of the molecule is O=C(CN1CCC2(CCNC2)C1)Nc1cccc(Cl)c1. The van der Waals surface area contributed by atoms with Gasteiger partial charge in [0.05, 0.1) is 6.54 Å². The summed E-state index contributed by atoms with van der Waals surface area (Å²) in [5.41, 5.74) is 1.18. The fraction of sp³-hybridized carbons (Fsp3) is 0.533. The molecule has 3 rings (SSSR count). The molecule has 2 N–H and O–H groups in total. The van der Waals surface area contributed by atoms with E-state index in [1.807, 2.05) is 12.1 Å². The van der Waals surface area contributed by atoms with Crippen molar-refractivity contribution in [1.29, 1.82) is 0 Å². The van der Waals surface area contributed by atoms with Crippen molar-refractivity contribution in [2.24, 2.45) is 5.41 Å². The zero-order valence-corrected chi connectivity index (χ0v) is 12.2. The van der Waals surface area contributed by atoms with Gasteiger partial charge in [-0.2, -0.15) is 0 Å². The van der Waals surface area contributed by atoms with Gasteiger partial charge < -0.3 is 10.6 Å². The van der Waals surface area contributed by atoms with Gasteiger partial charge in [0.15, 0.2) is 0 Å². The highest BCUT2D eigenvalue weighted by Gasteiger charge is 2.40. The molecular formula is C15H20ClN3O. The number of nitrogens with one attached hydrogen (secondary N) is 2. The second kappa shape index (κ2) is 5.72. The third-order valence-corrected chi connectivity index (χ3v) is 4.56. The molecule has 1 spiro atoms. The first kappa shape index (κ1) is 13.9. The van der Waals surface area contributed by atoms with E-state index in [1.165, 1.54) is 12.8 Å². The number of rotatable bonds is 3. The summed E-state index contributed by atoms with van der Waals surface area (Å²) in [6.45, 7) is 4.73. The number of halogens is 1. The average molecular weight is 294 g/mol. The Morgan fingerprint density at radius 2 is 2.35 bits per heavy atom. The molecule has 20 heavy (non-hydrogen) atoms. The maximum Gasteiger partial charge on any atom is 0.238 e. The Kier molecular flexibility index (Phi) is 3.96. The van der Waals surface area contributed by atoms with Gasteiger partial charge in [-0.3, -0.25) is 9.69 Å². The van der Waals surface area contributed by atoms with Crippen LogP contribution in [0.4, 0.5) is 5.69 Å². The van der Waals surface area contributed by atoms with Gasteiger partial charge in [0.25, 0.3) is 0 Å². The molecule has 1 amide bonds. The summed E-state index contributed by atoms with van der Waals surface area (Å²) in [5, 5.41) is 6.98. The zero-order valence-electron chi connectivity index (χ0n) is 11.5. The Hall–Kier alpha value is -1.10. The van der Waals surface area contributed by atoms with Gasteiger partial charge in [-0.05, 0) is 49.5 Å². The van der Waals surface area contributed by atoms with Crippen LogP contribution in [0.25, 0.3) is 0 Å². The van der Waals surface area contributed by atoms with E-state index in [4.69, 9.17) is 11.6 Å². The molecule has 1 aromatic rings. The molecule has 0 radical (unpaired) electrons. The summed E-state index contributed by atoms with van der Waals surface area (Å²) in [6, 6.07) is 7.27. The third-order valence-electron chi connectivity index (χ3n) is 4.33. The lowest BCUT2D eigenvalue weighted by Crippen LogP contribution is -2.34. The van der Waals surface area contributed by atoms with Gasteiger partial charge in [-0.15, -0.1) is 0 Å². The van der Waals surface area contributed by atoms with Crippen molar-refractivity contribution in [1.82, 2.24) is 10.2 Å². The molecular weight excluding hydrogens is 274 g/mol. The molecule has 0 saturated carbocycles. The number of hydrogen-bond acceptors (Lipinski definition) is 3. The smallest absolute Gasteiger partial charge is 0.238 e. The molecule has 1 aromatic carbocycles. The fourth-order valence-corrected chi connectivity index (χ4v) is 3.47. The molecule has 0 aliphatic carbocycles. The molecule has 1 atom stereocenters. The van der Waals surface area contributed by atoms with Gasteiger partial charge in [0, 0.05) is 23.8 Å². The third kappa shape index (κ3) is 3.14. The van der Waals surface area contributed by atoms with E-state index in [0.29, 0.717) is 17.0 Å². The Labute approximate surface area is 124 Å².